The van der Waals surface area contributed by atoms with Gasteiger partial charge in [-0.15, -0.1) is 5.10 Å². The van der Waals surface area contributed by atoms with Crippen molar-refractivity contribution in [3.63, 3.8) is 0 Å². The number of rotatable bonds is 7. The Balaban J connectivity index is 1.27. The van der Waals surface area contributed by atoms with E-state index in [1.807, 2.05) is 26.2 Å². The van der Waals surface area contributed by atoms with Crippen molar-refractivity contribution in [2.45, 2.75) is 42.9 Å². The number of ether oxygens (including phenoxy) is 1. The molecule has 186 valence electrons. The van der Waals surface area contributed by atoms with Crippen LogP contribution < -0.4 is 10.1 Å². The first-order chi connectivity index (χ1) is 18.0. The van der Waals surface area contributed by atoms with Crippen molar-refractivity contribution < 1.29 is 17.3 Å². The highest BCUT2D eigenvalue weighted by Crippen LogP contribution is 2.36. The van der Waals surface area contributed by atoms with E-state index in [-0.39, 0.29) is 23.0 Å². The Labute approximate surface area is 210 Å². The lowest BCUT2D eigenvalue weighted by atomic mass is 10.0. The minimum absolute atomic E-state index is 0.0416. The molecule has 0 spiro atoms. The quantitative estimate of drug-likeness (QED) is 0.509. The van der Waals surface area contributed by atoms with Crippen LogP contribution in [0, 0.1) is 0 Å². The minimum Gasteiger partial charge on any atom is -0.481 e. The lowest BCUT2D eigenvalue weighted by Gasteiger charge is -2.33. The SMILES string of the molecule is [2H]C([2H])([2H])Oc1cc(-c2ccc3c(c2)CCC3Nc2n[nH]c(S(=O)(=O)N3CCC(N(C)C)CC3)n2)ccn1. The van der Waals surface area contributed by atoms with Gasteiger partial charge in [-0.05, 0) is 68.1 Å². The van der Waals surface area contributed by atoms with Crippen LogP contribution in [0.15, 0.2) is 41.7 Å². The van der Waals surface area contributed by atoms with E-state index < -0.39 is 17.1 Å². The first-order valence-corrected chi connectivity index (χ1v) is 13.1. The molecule has 5 rings (SSSR count). The molecule has 0 saturated carbocycles. The number of hydrogen-bond donors (Lipinski definition) is 2. The highest BCUT2D eigenvalue weighted by atomic mass is 32.2. The molecule has 3 aromatic rings. The maximum atomic E-state index is 13.1. The third-order valence-corrected chi connectivity index (χ3v) is 8.62. The molecule has 0 amide bonds. The number of methoxy groups -OCH3 is 1. The van der Waals surface area contributed by atoms with Gasteiger partial charge in [0, 0.05) is 31.4 Å². The predicted molar refractivity (Wildman–Crippen MR) is 133 cm³/mol. The molecule has 2 aliphatic rings. The van der Waals surface area contributed by atoms with Crippen molar-refractivity contribution in [2.75, 3.05) is 39.5 Å². The first-order valence-electron chi connectivity index (χ1n) is 13.1. The standard InChI is InChI=1S/C24H31N7O3S/c1-30(2)19-9-12-31(13-10-19)35(32,33)24-27-23(28-29-24)26-21-7-5-18-14-16(4-6-20(18)21)17-8-11-25-22(15-17)34-3/h4,6,8,11,14-15,19,21H,5,7,9-10,12-13H2,1-3H3,(H2,26,27,28,29)/i3D3. The monoisotopic (exact) mass is 500 g/mol. The zero-order valence-corrected chi connectivity index (χ0v) is 20.5. The van der Waals surface area contributed by atoms with E-state index >= 15 is 0 Å². The molecule has 1 aliphatic heterocycles. The third-order valence-electron chi connectivity index (χ3n) is 6.90. The Kier molecular flexibility index (Phi) is 5.52. The largest absolute Gasteiger partial charge is 0.481 e. The number of aromatic amines is 1. The average molecular weight is 501 g/mol. The Morgan fingerprint density at radius 1 is 1.17 bits per heavy atom. The number of aromatic nitrogens is 4. The molecule has 1 atom stereocenters. The Hall–Kier alpha value is -3.02. The van der Waals surface area contributed by atoms with E-state index in [0.717, 1.165) is 47.9 Å². The van der Waals surface area contributed by atoms with E-state index in [4.69, 9.17) is 8.85 Å². The molecule has 11 heteroatoms. The molecule has 0 bridgehead atoms. The molecule has 1 unspecified atom stereocenters. The zero-order chi connectivity index (χ0) is 27.1. The fourth-order valence-electron chi connectivity index (χ4n) is 4.90. The van der Waals surface area contributed by atoms with Crippen molar-refractivity contribution >= 4 is 16.0 Å². The van der Waals surface area contributed by atoms with Gasteiger partial charge in [0.2, 0.25) is 11.8 Å². The van der Waals surface area contributed by atoms with Crippen molar-refractivity contribution in [2.24, 2.45) is 0 Å². The summed E-state index contributed by atoms with van der Waals surface area (Å²) in [6.07, 6.45) is 4.70. The summed E-state index contributed by atoms with van der Waals surface area (Å²) in [5, 5.41) is 9.86. The summed E-state index contributed by atoms with van der Waals surface area (Å²) in [6.45, 7) is 0.905. The Morgan fingerprint density at radius 3 is 2.74 bits per heavy atom. The van der Waals surface area contributed by atoms with Crippen LogP contribution in [0.25, 0.3) is 11.1 Å². The number of aryl methyl sites for hydroxylation is 1. The highest BCUT2D eigenvalue weighted by Gasteiger charge is 2.33. The van der Waals surface area contributed by atoms with Gasteiger partial charge in [-0.1, -0.05) is 18.2 Å². The summed E-state index contributed by atoms with van der Waals surface area (Å²) in [5.41, 5.74) is 3.95. The van der Waals surface area contributed by atoms with E-state index in [0.29, 0.717) is 19.1 Å². The van der Waals surface area contributed by atoms with Gasteiger partial charge in [0.1, 0.15) is 0 Å². The first kappa shape index (κ1) is 20.2. The number of benzene rings is 1. The van der Waals surface area contributed by atoms with Gasteiger partial charge in [0.15, 0.2) is 0 Å². The van der Waals surface area contributed by atoms with Gasteiger partial charge < -0.3 is 15.0 Å². The average Bonchev–Trinajstić information content (AvgIpc) is 3.51. The van der Waals surface area contributed by atoms with E-state index in [1.54, 1.807) is 12.1 Å². The predicted octanol–water partition coefficient (Wildman–Crippen LogP) is 2.69. The van der Waals surface area contributed by atoms with Crippen LogP contribution >= 0.6 is 0 Å². The number of sulfonamides is 1. The molecular formula is C24H31N7O3S. The third kappa shape index (κ3) is 4.75. The maximum absolute atomic E-state index is 13.1. The van der Waals surface area contributed by atoms with Crippen LogP contribution in [0.2, 0.25) is 0 Å². The molecule has 35 heavy (non-hydrogen) atoms. The molecule has 0 radical (unpaired) electrons. The van der Waals surface area contributed by atoms with Gasteiger partial charge in [-0.2, -0.15) is 9.29 Å². The number of H-pyrrole nitrogens is 1. The second kappa shape index (κ2) is 9.56. The van der Waals surface area contributed by atoms with Crippen LogP contribution in [-0.4, -0.2) is 78.1 Å². The fourth-order valence-corrected chi connectivity index (χ4v) is 6.19. The smallest absolute Gasteiger partial charge is 0.278 e. The number of hydrogen-bond acceptors (Lipinski definition) is 8. The molecule has 1 saturated heterocycles. The summed E-state index contributed by atoms with van der Waals surface area (Å²) < 4.78 is 54.4. The molecule has 1 fully saturated rings. The Morgan fingerprint density at radius 2 is 1.97 bits per heavy atom. The van der Waals surface area contributed by atoms with Gasteiger partial charge in [-0.3, -0.25) is 0 Å². The van der Waals surface area contributed by atoms with Crippen LogP contribution in [0.1, 0.15) is 40.5 Å². The number of nitrogens with zero attached hydrogens (tertiary/aromatic N) is 5. The van der Waals surface area contributed by atoms with Crippen LogP contribution in [0.4, 0.5) is 5.95 Å². The molecular weight excluding hydrogens is 466 g/mol. The minimum atomic E-state index is -3.74. The van der Waals surface area contributed by atoms with Gasteiger partial charge in [0.25, 0.3) is 15.2 Å². The van der Waals surface area contributed by atoms with Crippen LogP contribution in [0.3, 0.4) is 0 Å². The Bertz CT molecular complexity index is 1400. The number of pyridine rings is 1. The molecule has 2 aromatic heterocycles. The molecule has 1 aliphatic carbocycles. The fraction of sp³-hybridized carbons (Fsp3) is 0.458. The van der Waals surface area contributed by atoms with Crippen molar-refractivity contribution in [3.05, 3.63) is 47.7 Å². The molecule has 3 heterocycles. The second-order valence-electron chi connectivity index (χ2n) is 9.20. The number of nitrogens with one attached hydrogen (secondary N) is 2. The van der Waals surface area contributed by atoms with Crippen molar-refractivity contribution in [1.82, 2.24) is 29.4 Å². The highest BCUT2D eigenvalue weighted by molar-refractivity contribution is 7.88. The summed E-state index contributed by atoms with van der Waals surface area (Å²) >= 11 is 0. The van der Waals surface area contributed by atoms with Crippen molar-refractivity contribution in [1.29, 1.82) is 0 Å². The lowest BCUT2D eigenvalue weighted by Crippen LogP contribution is -2.44. The van der Waals surface area contributed by atoms with E-state index in [1.165, 1.54) is 10.5 Å². The van der Waals surface area contributed by atoms with E-state index in [9.17, 15) is 8.42 Å². The number of piperidine rings is 1. The topological polar surface area (TPSA) is 116 Å². The molecule has 2 N–H and O–H groups in total. The van der Waals surface area contributed by atoms with Gasteiger partial charge in [0.05, 0.1) is 17.2 Å². The lowest BCUT2D eigenvalue weighted by molar-refractivity contribution is 0.196. The van der Waals surface area contributed by atoms with Crippen LogP contribution in [0.5, 0.6) is 5.88 Å². The summed E-state index contributed by atoms with van der Waals surface area (Å²) in [4.78, 5) is 10.4. The van der Waals surface area contributed by atoms with Gasteiger partial charge in [-0.25, -0.2) is 18.5 Å². The van der Waals surface area contributed by atoms with Crippen LogP contribution in [-0.2, 0) is 16.4 Å². The molecule has 10 nitrogen and oxygen atoms in total. The van der Waals surface area contributed by atoms with E-state index in [2.05, 4.69) is 36.4 Å². The maximum Gasteiger partial charge on any atom is 0.278 e. The normalized spacial score (nSPS) is 20.8. The zero-order valence-electron chi connectivity index (χ0n) is 22.7. The number of anilines is 1. The summed E-state index contributed by atoms with van der Waals surface area (Å²) in [6, 6.07) is 9.76. The summed E-state index contributed by atoms with van der Waals surface area (Å²) in [7, 11) is -2.28. The second-order valence-corrected chi connectivity index (χ2v) is 11.1. The number of fused-ring (bicyclic) bond motifs is 1. The molecule has 1 aromatic carbocycles. The summed E-state index contributed by atoms with van der Waals surface area (Å²) in [5.74, 6) is 0.286. The van der Waals surface area contributed by atoms with Gasteiger partial charge >= 0.3 is 0 Å². The van der Waals surface area contributed by atoms with Crippen molar-refractivity contribution in [3.8, 4) is 17.0 Å².